The summed E-state index contributed by atoms with van der Waals surface area (Å²) in [6.07, 6.45) is 9.27. The number of aromatic hydroxyl groups is 1. The predicted molar refractivity (Wildman–Crippen MR) is 170 cm³/mol. The number of halogens is 2. The van der Waals surface area contributed by atoms with Crippen molar-refractivity contribution in [2.24, 2.45) is 5.92 Å². The molecule has 8 heterocycles. The number of hydrogen-bond donors (Lipinski definition) is 2. The van der Waals surface area contributed by atoms with Gasteiger partial charge in [0.15, 0.2) is 5.82 Å². The molecule has 2 aromatic heterocycles. The predicted octanol–water partition coefficient (Wildman–Crippen LogP) is 4.58. The molecule has 5 atom stereocenters. The van der Waals surface area contributed by atoms with Crippen molar-refractivity contribution in [3.63, 3.8) is 0 Å². The van der Waals surface area contributed by atoms with Crippen LogP contribution in [-0.4, -0.2) is 88.1 Å². The Kier molecular flexibility index (Phi) is 6.31. The van der Waals surface area contributed by atoms with Crippen LogP contribution in [0.5, 0.6) is 17.6 Å². The summed E-state index contributed by atoms with van der Waals surface area (Å²) in [5.74, 6) is 3.04. The Labute approximate surface area is 264 Å². The van der Waals surface area contributed by atoms with Crippen molar-refractivity contribution >= 4 is 27.5 Å². The van der Waals surface area contributed by atoms with Gasteiger partial charge in [0, 0.05) is 48.6 Å². The summed E-state index contributed by atoms with van der Waals surface area (Å²) in [7, 11) is 0. The van der Waals surface area contributed by atoms with Crippen LogP contribution in [0.15, 0.2) is 30.3 Å². The zero-order chi connectivity index (χ0) is 31.2. The summed E-state index contributed by atoms with van der Waals surface area (Å²) in [4.78, 5) is 18.8. The lowest BCUT2D eigenvalue weighted by Gasteiger charge is -2.33. The average molecular weight is 625 g/mol. The molecule has 46 heavy (non-hydrogen) atoms. The number of piperidine rings is 1. The van der Waals surface area contributed by atoms with E-state index in [1.807, 2.05) is 6.07 Å². The Morgan fingerprint density at radius 2 is 2.09 bits per heavy atom. The van der Waals surface area contributed by atoms with Gasteiger partial charge >= 0.3 is 6.01 Å². The molecule has 236 valence electrons. The second kappa shape index (κ2) is 10.4. The number of aromatic nitrogens is 3. The highest BCUT2D eigenvalue weighted by atomic mass is 19.1. The number of phenolic OH excluding ortho intramolecular Hbond substituents is 1. The number of pyridine rings is 1. The molecule has 0 saturated carbocycles. The molecule has 0 aliphatic carbocycles. The Balaban J connectivity index is 1.24. The minimum Gasteiger partial charge on any atom is -0.508 e. The molecule has 0 amide bonds. The molecule has 0 spiro atoms. The van der Waals surface area contributed by atoms with Crippen LogP contribution in [0.1, 0.15) is 37.7 Å². The van der Waals surface area contributed by atoms with Gasteiger partial charge in [-0.3, -0.25) is 4.90 Å². The van der Waals surface area contributed by atoms with Gasteiger partial charge in [0.25, 0.3) is 0 Å². The average Bonchev–Trinajstić information content (AvgIpc) is 3.38. The van der Waals surface area contributed by atoms with E-state index in [0.717, 1.165) is 38.8 Å². The van der Waals surface area contributed by atoms with Gasteiger partial charge < -0.3 is 24.8 Å². The molecule has 5 saturated heterocycles. The summed E-state index contributed by atoms with van der Waals surface area (Å²) in [6.45, 7) is 3.36. The van der Waals surface area contributed by atoms with Crippen molar-refractivity contribution in [3.05, 3.63) is 41.7 Å². The number of terminal acetylenes is 1. The first-order valence-corrected chi connectivity index (χ1v) is 16.2. The van der Waals surface area contributed by atoms with Crippen molar-refractivity contribution in [1.29, 1.82) is 0 Å². The van der Waals surface area contributed by atoms with Crippen LogP contribution in [0.2, 0.25) is 0 Å². The number of rotatable bonds is 4. The van der Waals surface area contributed by atoms with Crippen molar-refractivity contribution in [2.45, 2.75) is 55.9 Å². The number of nitrogens with one attached hydrogen (secondary N) is 1. The monoisotopic (exact) mass is 624 g/mol. The summed E-state index contributed by atoms with van der Waals surface area (Å²) in [6, 6.07) is 8.76. The topological polar surface area (TPSA) is 95.9 Å². The van der Waals surface area contributed by atoms with Crippen molar-refractivity contribution in [2.75, 3.05) is 44.3 Å². The number of fused-ring (bicyclic) bond motifs is 4. The van der Waals surface area contributed by atoms with Crippen LogP contribution in [0.3, 0.4) is 0 Å². The van der Waals surface area contributed by atoms with E-state index in [1.54, 1.807) is 18.2 Å². The molecular formula is C35H34F2N6O3. The fraction of sp³-hybridized carbons (Fsp3) is 0.457. The van der Waals surface area contributed by atoms with Crippen LogP contribution in [0.25, 0.3) is 32.9 Å². The molecule has 2 bridgehead atoms. The smallest absolute Gasteiger partial charge is 0.319 e. The molecule has 0 unspecified atom stereocenters. The summed E-state index contributed by atoms with van der Waals surface area (Å²) in [5, 5.41) is 16.0. The van der Waals surface area contributed by atoms with Gasteiger partial charge in [-0.1, -0.05) is 18.1 Å². The first kappa shape index (κ1) is 28.0. The Bertz CT molecular complexity index is 1940. The lowest BCUT2D eigenvalue weighted by molar-refractivity contribution is 0.107. The molecule has 5 fully saturated rings. The highest BCUT2D eigenvalue weighted by molar-refractivity contribution is 6.04. The van der Waals surface area contributed by atoms with Crippen molar-refractivity contribution in [1.82, 2.24) is 25.2 Å². The number of phenols is 1. The van der Waals surface area contributed by atoms with Gasteiger partial charge in [-0.25, -0.2) is 13.8 Å². The highest BCUT2D eigenvalue weighted by Gasteiger charge is 2.49. The normalized spacial score (nSPS) is 28.4. The quantitative estimate of drug-likeness (QED) is 0.317. The minimum atomic E-state index is -0.900. The second-order valence-corrected chi connectivity index (χ2v) is 13.5. The highest BCUT2D eigenvalue weighted by Crippen LogP contribution is 2.45. The van der Waals surface area contributed by atoms with Crippen LogP contribution in [0.4, 0.5) is 14.6 Å². The third kappa shape index (κ3) is 4.23. The second-order valence-electron chi connectivity index (χ2n) is 13.5. The fourth-order valence-electron chi connectivity index (χ4n) is 8.71. The maximum Gasteiger partial charge on any atom is 0.319 e. The zero-order valence-electron chi connectivity index (χ0n) is 25.3. The molecule has 6 aliphatic heterocycles. The number of anilines is 1. The molecule has 2 N–H and O–H groups in total. The molecule has 6 aliphatic rings. The van der Waals surface area contributed by atoms with E-state index >= 15 is 4.39 Å². The third-order valence-corrected chi connectivity index (χ3v) is 10.9. The molecule has 0 radical (unpaired) electrons. The number of ether oxygens (including phenoxy) is 2. The lowest BCUT2D eigenvalue weighted by atomic mass is 9.91. The maximum atomic E-state index is 17.1. The first-order valence-electron chi connectivity index (χ1n) is 16.2. The molecule has 2 aromatic carbocycles. The number of alkyl halides is 1. The lowest BCUT2D eigenvalue weighted by Crippen LogP contribution is -2.44. The SMILES string of the molecule is C#Cc1cccc2cc(O)cc(-c3nc4c5c(nc(OC[C@@]67CCCN6C[C@H](F)C7)nc5c3F)N3C[C@@H]5CC[C@H](CN5)[C@H]3CO4)c12. The van der Waals surface area contributed by atoms with Crippen LogP contribution < -0.4 is 19.7 Å². The summed E-state index contributed by atoms with van der Waals surface area (Å²) in [5.41, 5.74) is 0.470. The van der Waals surface area contributed by atoms with Gasteiger partial charge in [-0.15, -0.1) is 6.42 Å². The minimum absolute atomic E-state index is 0.00708. The van der Waals surface area contributed by atoms with Gasteiger partial charge in [-0.05, 0) is 61.7 Å². The van der Waals surface area contributed by atoms with E-state index in [4.69, 9.17) is 25.9 Å². The Hall–Kier alpha value is -4.27. The molecule has 9 nitrogen and oxygen atoms in total. The molecule has 11 heteroatoms. The van der Waals surface area contributed by atoms with Crippen molar-refractivity contribution < 1.29 is 23.4 Å². The zero-order valence-corrected chi connectivity index (χ0v) is 25.3. The van der Waals surface area contributed by atoms with E-state index in [9.17, 15) is 9.50 Å². The first-order chi connectivity index (χ1) is 22.4. The summed E-state index contributed by atoms with van der Waals surface area (Å²) >= 11 is 0. The van der Waals surface area contributed by atoms with E-state index in [1.165, 1.54) is 6.07 Å². The summed E-state index contributed by atoms with van der Waals surface area (Å²) < 4.78 is 44.4. The van der Waals surface area contributed by atoms with Gasteiger partial charge in [0.1, 0.15) is 47.5 Å². The largest absolute Gasteiger partial charge is 0.508 e. The van der Waals surface area contributed by atoms with Crippen LogP contribution >= 0.6 is 0 Å². The van der Waals surface area contributed by atoms with Crippen LogP contribution in [-0.2, 0) is 0 Å². The van der Waals surface area contributed by atoms with Gasteiger partial charge in [0.05, 0.1) is 11.6 Å². The van der Waals surface area contributed by atoms with E-state index in [2.05, 4.69) is 26.0 Å². The standard InChI is InChI=1S/C35H34F2N6O3/c1-2-19-5-3-6-20-11-24(44)12-25(27(19)20)30-29(37)31-28-32(41-34(40-31)46-18-35-9-4-10-42(35)15-22(36)13-35)43-16-23-8-7-21(14-38-23)26(43)17-45-33(28)39-30/h1,3,5-6,11-12,21-23,26,38,44H,4,7-10,13-18H2/t21-,22-,23+,26-,35+/m1/s1. The van der Waals surface area contributed by atoms with E-state index in [0.29, 0.717) is 65.1 Å². The number of hydrogen-bond acceptors (Lipinski definition) is 9. The fourth-order valence-corrected chi connectivity index (χ4v) is 8.71. The number of nitrogens with zero attached hydrogens (tertiary/aromatic N) is 5. The molecule has 4 aromatic rings. The number of benzene rings is 2. The van der Waals surface area contributed by atoms with E-state index in [-0.39, 0.29) is 47.5 Å². The van der Waals surface area contributed by atoms with E-state index < -0.39 is 17.5 Å². The molecule has 10 rings (SSSR count). The van der Waals surface area contributed by atoms with Crippen LogP contribution in [0, 0.1) is 24.1 Å². The van der Waals surface area contributed by atoms with Gasteiger partial charge in [-0.2, -0.15) is 9.97 Å². The Morgan fingerprint density at radius 1 is 1.17 bits per heavy atom. The Morgan fingerprint density at radius 3 is 2.93 bits per heavy atom. The maximum absolute atomic E-state index is 17.1. The van der Waals surface area contributed by atoms with Gasteiger partial charge in [0.2, 0.25) is 5.88 Å². The third-order valence-electron chi connectivity index (χ3n) is 10.9. The van der Waals surface area contributed by atoms with Crippen molar-refractivity contribution in [3.8, 4) is 41.2 Å². The molecular weight excluding hydrogens is 590 g/mol.